The molecular weight excluding hydrogens is 1370 g/mol. The predicted octanol–water partition coefficient (Wildman–Crippen LogP) is 4.00. The van der Waals surface area contributed by atoms with Crippen molar-refractivity contribution in [1.82, 2.24) is 0 Å². The minimum atomic E-state index is -1.47. The summed E-state index contributed by atoms with van der Waals surface area (Å²) >= 11 is 19.4. The molecule has 12 rings (SSSR count). The Labute approximate surface area is 610 Å². The van der Waals surface area contributed by atoms with E-state index >= 15 is 0 Å². The van der Waals surface area contributed by atoms with Crippen molar-refractivity contribution < 1.29 is 123 Å². The standard InChI is InChI=1S/C27H31ClN2O4.C23H26ClNO8.C22H24ClNO8.Li.H2O/c1-5-24-15(2)16(3)26(32-17(4)31)27(34-24)19-7-8-22(28)20(12-19)10-18-6-9-25-23(11-18)30-14-21(13-29)33-25;1-31-23(30)17-9-25-15-7-11(2-5-16(15)32-17)6-13-8-12(3-4-14(13)24)22-21(29)20(28)19(27)18(10-26)33-22;23-13-3-2-11(21-20(28)19(27)18(26)17(9-25)32-21)7-12(13)5-10-1-4-15-14(6-10)24-8-16(31-15)22(29)30;;/h6-9,11-12,15-16,21,24,26-27,30H,5,10,14H2,1-4H3;2-5,7-8,17-22,25-29H,6,9-10H2,1H3;1-4,6-7,16-21,24-28H,5,8-9H2,(H,29,30);;1H2/q;;;+1;/p-1/t15-,16-,21?,24+,26+,27-;17?,18-,19-,20+,21-,22+;16?,17-,18-,19+,20-,21+;;/m011../s1. The molecule has 13 N–H and O–H groups in total. The van der Waals surface area contributed by atoms with E-state index in [-0.39, 0.29) is 73.5 Å². The van der Waals surface area contributed by atoms with Gasteiger partial charge < -0.3 is 105 Å². The fourth-order valence-corrected chi connectivity index (χ4v) is 13.5. The van der Waals surface area contributed by atoms with Crippen LogP contribution in [-0.2, 0) is 57.3 Å². The van der Waals surface area contributed by atoms with Crippen molar-refractivity contribution in [2.45, 2.75) is 151 Å². The van der Waals surface area contributed by atoms with Gasteiger partial charge in [-0.1, -0.05) is 110 Å². The summed E-state index contributed by atoms with van der Waals surface area (Å²) in [5, 5.41) is 109. The van der Waals surface area contributed by atoms with Gasteiger partial charge in [0.25, 0.3) is 0 Å². The Morgan fingerprint density at radius 2 is 0.941 bits per heavy atom. The van der Waals surface area contributed by atoms with E-state index in [1.165, 1.54) is 14.0 Å². The second kappa shape index (κ2) is 35.5. The van der Waals surface area contributed by atoms with Gasteiger partial charge in [0.15, 0.2) is 0 Å². The monoisotopic (exact) mass is 1450 g/mol. The molecular formula is C72H82Cl3LiN4O21. The summed E-state index contributed by atoms with van der Waals surface area (Å²) in [6, 6.07) is 35.0. The van der Waals surface area contributed by atoms with Crippen molar-refractivity contribution >= 4 is 69.8 Å². The molecule has 6 heterocycles. The number of benzene rings is 6. The Morgan fingerprint density at radius 3 is 1.34 bits per heavy atom. The number of aliphatic carboxylic acids is 1. The van der Waals surface area contributed by atoms with Crippen LogP contribution >= 0.6 is 34.8 Å². The largest absolute Gasteiger partial charge is 1.00 e. The van der Waals surface area contributed by atoms with Crippen LogP contribution in [0.1, 0.15) is 102 Å². The van der Waals surface area contributed by atoms with Gasteiger partial charge in [-0.25, -0.2) is 9.59 Å². The number of carboxylic acid groups (broad SMARTS) is 1. The number of esters is 2. The number of carboxylic acids is 1. The first kappa shape index (κ1) is 79.7. The Balaban J connectivity index is 0.000000191. The normalized spacial score (nSPS) is 28.3. The van der Waals surface area contributed by atoms with Crippen molar-refractivity contribution in [3.63, 3.8) is 0 Å². The van der Waals surface area contributed by atoms with Gasteiger partial charge in [0.05, 0.1) is 63.1 Å². The van der Waals surface area contributed by atoms with E-state index < -0.39 is 105 Å². The average molecular weight is 1450 g/mol. The number of hydrogen-bond acceptors (Lipinski definition) is 24. The number of nitriles is 1. The first-order valence-electron chi connectivity index (χ1n) is 32.5. The number of nitrogens with zero attached hydrogens (tertiary/aromatic N) is 1. The molecule has 6 aliphatic heterocycles. The molecule has 3 fully saturated rings. The molecule has 6 aliphatic rings. The number of aliphatic hydroxyl groups is 8. The van der Waals surface area contributed by atoms with Crippen LogP contribution in [0.4, 0.5) is 17.1 Å². The fourth-order valence-electron chi connectivity index (χ4n) is 13.0. The van der Waals surface area contributed by atoms with Gasteiger partial charge in [0.1, 0.15) is 96.6 Å². The maximum absolute atomic E-state index is 11.9. The molecule has 29 heteroatoms. The number of halogens is 3. The van der Waals surface area contributed by atoms with Crippen molar-refractivity contribution in [1.29, 1.82) is 5.26 Å². The molecule has 0 aliphatic carbocycles. The zero-order valence-electron chi connectivity index (χ0n) is 56.2. The summed E-state index contributed by atoms with van der Waals surface area (Å²) in [6.07, 6.45) is -12.8. The number of carbonyl (C=O) groups is 3. The van der Waals surface area contributed by atoms with Crippen LogP contribution in [0.3, 0.4) is 0 Å². The van der Waals surface area contributed by atoms with Crippen LogP contribution in [-0.4, -0.2) is 189 Å². The molecule has 0 saturated carbocycles. The quantitative estimate of drug-likeness (QED) is 0.0510. The van der Waals surface area contributed by atoms with E-state index in [1.54, 1.807) is 48.5 Å². The van der Waals surface area contributed by atoms with Crippen molar-refractivity contribution in [2.75, 3.05) is 55.9 Å². The van der Waals surface area contributed by atoms with Gasteiger partial charge in [-0.2, -0.15) is 5.26 Å². The van der Waals surface area contributed by atoms with E-state index in [0.29, 0.717) is 74.9 Å². The number of anilines is 3. The fraction of sp³-hybridized carbons (Fsp3) is 0.444. The van der Waals surface area contributed by atoms with Gasteiger partial charge in [-0.05, 0) is 136 Å². The summed E-state index contributed by atoms with van der Waals surface area (Å²) < 4.78 is 45.1. The summed E-state index contributed by atoms with van der Waals surface area (Å²) in [6.45, 7) is 7.75. The molecule has 0 spiro atoms. The summed E-state index contributed by atoms with van der Waals surface area (Å²) in [4.78, 5) is 34.7. The average Bonchev–Trinajstić information content (AvgIpc) is 0.801. The number of aliphatic hydroxyl groups excluding tert-OH is 8. The number of ether oxygens (including phenoxy) is 8. The topological polar surface area (TPSA) is 397 Å². The van der Waals surface area contributed by atoms with E-state index in [2.05, 4.69) is 48.9 Å². The molecule has 3 unspecified atom stereocenters. The van der Waals surface area contributed by atoms with Crippen LogP contribution in [0.25, 0.3) is 0 Å². The van der Waals surface area contributed by atoms with Gasteiger partial charge >= 0.3 is 36.8 Å². The second-order valence-corrected chi connectivity index (χ2v) is 26.5. The van der Waals surface area contributed by atoms with Gasteiger partial charge in [-0.3, -0.25) is 4.79 Å². The zero-order chi connectivity index (χ0) is 71.1. The van der Waals surface area contributed by atoms with Crippen LogP contribution in [0.15, 0.2) is 109 Å². The smallest absolute Gasteiger partial charge is 0.870 e. The predicted molar refractivity (Wildman–Crippen MR) is 365 cm³/mol. The Morgan fingerprint density at radius 1 is 0.545 bits per heavy atom. The van der Waals surface area contributed by atoms with Crippen molar-refractivity contribution in [3.8, 4) is 23.3 Å². The third-order valence-electron chi connectivity index (χ3n) is 18.7. The third-order valence-corrected chi connectivity index (χ3v) is 19.8. The first-order chi connectivity index (χ1) is 47.4. The summed E-state index contributed by atoms with van der Waals surface area (Å²) in [7, 11) is 1.31. The van der Waals surface area contributed by atoms with Crippen molar-refractivity contribution in [2.24, 2.45) is 11.8 Å². The molecule has 0 aromatic heterocycles. The minimum Gasteiger partial charge on any atom is -0.870 e. The molecule has 0 amide bonds. The number of methoxy groups -OCH3 is 1. The number of carbonyl (C=O) groups excluding carboxylic acids is 2. The molecule has 6 aromatic rings. The molecule has 3 saturated heterocycles. The maximum Gasteiger partial charge on any atom is 1.00 e. The van der Waals surface area contributed by atoms with E-state index in [4.69, 9.17) is 83.1 Å². The SMILES string of the molecule is CC[C@H]1O[C@@H](c2ccc(Cl)c(Cc3ccc4c(c3)NCC(C#N)O4)c2)[C@H](OC(C)=O)[C@@H](C)[C@@H]1C.COC(=O)C1CNc2cc(Cc3cc([C@@H]4O[C@H](CO)[C@@H](O)[C@H](O)[C@H]4O)ccc3Cl)ccc2O1.O=C(O)C1CNc2cc(Cc3cc([C@@H]4O[C@H](CO)[C@@H](O)[C@H](O)[C@H]4O)ccc3Cl)ccc2O1.[Li+].[OH-]. The number of hydrogen-bond donors (Lipinski definition) is 12. The summed E-state index contributed by atoms with van der Waals surface area (Å²) in [5.41, 5.74) is 9.71. The zero-order valence-corrected chi connectivity index (χ0v) is 58.5. The molecule has 101 heavy (non-hydrogen) atoms. The van der Waals surface area contributed by atoms with Crippen LogP contribution < -0.4 is 49.0 Å². The Hall–Kier alpha value is -6.99. The van der Waals surface area contributed by atoms with Gasteiger partial charge in [0, 0.05) is 27.9 Å². The number of nitrogens with one attached hydrogen (secondary N) is 3. The Bertz CT molecular complexity index is 3910. The Kier molecular flexibility index (Phi) is 28.0. The first-order valence-corrected chi connectivity index (χ1v) is 33.6. The van der Waals surface area contributed by atoms with E-state index in [0.717, 1.165) is 56.7 Å². The molecule has 6 aromatic carbocycles. The maximum atomic E-state index is 11.9. The van der Waals surface area contributed by atoms with Crippen LogP contribution in [0, 0.1) is 23.2 Å². The third kappa shape index (κ3) is 18.5. The molecule has 0 radical (unpaired) electrons. The van der Waals surface area contributed by atoms with Gasteiger partial charge in [-0.15, -0.1) is 0 Å². The van der Waals surface area contributed by atoms with Crippen LogP contribution in [0.2, 0.25) is 15.1 Å². The summed E-state index contributed by atoms with van der Waals surface area (Å²) in [5.74, 6) is 0.325. The minimum absolute atomic E-state index is 0. The molecule has 25 nitrogen and oxygen atoms in total. The van der Waals surface area contributed by atoms with Gasteiger partial charge in [0.2, 0.25) is 18.3 Å². The number of fused-ring (bicyclic) bond motifs is 3. The molecule has 538 valence electrons. The van der Waals surface area contributed by atoms with E-state index in [1.807, 2.05) is 54.6 Å². The van der Waals surface area contributed by atoms with E-state index in [9.17, 15) is 55.2 Å². The second-order valence-electron chi connectivity index (χ2n) is 25.3. The molecule has 18 atom stereocenters. The molecule has 0 bridgehead atoms. The van der Waals surface area contributed by atoms with Crippen molar-refractivity contribution in [3.05, 3.63) is 174 Å². The number of rotatable bonds is 15. The van der Waals surface area contributed by atoms with Crippen LogP contribution in [0.5, 0.6) is 17.2 Å².